The lowest BCUT2D eigenvalue weighted by molar-refractivity contribution is -0.192. The molecule has 0 radical (unpaired) electrons. The van der Waals surface area contributed by atoms with Crippen LogP contribution in [0.3, 0.4) is 0 Å². The number of hydrogen-bond acceptors (Lipinski definition) is 4. The standard InChI is InChI=1S/C30H37F3N4O3/c1-18-15-25(40-4)23(27(38)35-18)16-34-28(39)26-20(3)37(24-8-6-5-7-22(24)26)19(2)21-9-13-36(14-10-21)17-29(11-12-29)30(31,32)33/h5-8,15,19,21H,9-14,16-17H2,1-4H3,(H,34,39)(H,35,38)/t19-/m1/s1. The molecule has 2 fully saturated rings. The van der Waals surface area contributed by atoms with Crippen LogP contribution >= 0.6 is 0 Å². The number of nitrogens with zero attached hydrogens (tertiary/aromatic N) is 2. The third-order valence-electron chi connectivity index (χ3n) is 8.96. The number of para-hydroxylation sites is 1. The zero-order valence-electron chi connectivity index (χ0n) is 23.5. The molecule has 1 saturated heterocycles. The lowest BCUT2D eigenvalue weighted by Crippen LogP contribution is -2.43. The number of ether oxygens (including phenoxy) is 1. The fourth-order valence-corrected chi connectivity index (χ4v) is 6.41. The maximum Gasteiger partial charge on any atom is 0.395 e. The van der Waals surface area contributed by atoms with Crippen LogP contribution in [0.2, 0.25) is 0 Å². The summed E-state index contributed by atoms with van der Waals surface area (Å²) in [5, 5.41) is 3.74. The Balaban J connectivity index is 1.34. The highest BCUT2D eigenvalue weighted by atomic mass is 19.4. The van der Waals surface area contributed by atoms with Crippen molar-refractivity contribution >= 4 is 16.8 Å². The number of carbonyl (C=O) groups excluding carboxylic acids is 1. The van der Waals surface area contributed by atoms with Crippen molar-refractivity contribution < 1.29 is 22.7 Å². The molecule has 1 aliphatic carbocycles. The molecule has 7 nitrogen and oxygen atoms in total. The minimum absolute atomic E-state index is 0.0179. The van der Waals surface area contributed by atoms with Gasteiger partial charge in [0.1, 0.15) is 5.75 Å². The molecule has 1 amide bonds. The molecule has 3 aromatic rings. The second-order valence-corrected chi connectivity index (χ2v) is 11.5. The molecule has 3 heterocycles. The van der Waals surface area contributed by atoms with E-state index in [-0.39, 0.29) is 49.4 Å². The summed E-state index contributed by atoms with van der Waals surface area (Å²) in [6, 6.07) is 9.55. The lowest BCUT2D eigenvalue weighted by atomic mass is 9.89. The molecule has 1 aromatic carbocycles. The number of nitrogens with one attached hydrogen (secondary N) is 2. The molecule has 1 saturated carbocycles. The third-order valence-corrected chi connectivity index (χ3v) is 8.96. The van der Waals surface area contributed by atoms with Gasteiger partial charge in [0.25, 0.3) is 11.5 Å². The number of aryl methyl sites for hydroxylation is 1. The Hall–Kier alpha value is -3.27. The molecule has 1 aliphatic heterocycles. The van der Waals surface area contributed by atoms with E-state index >= 15 is 0 Å². The first kappa shape index (κ1) is 28.3. The molecule has 5 rings (SSSR count). The predicted molar refractivity (Wildman–Crippen MR) is 148 cm³/mol. The van der Waals surface area contributed by atoms with Crippen molar-refractivity contribution in [3.05, 3.63) is 63.2 Å². The normalized spacial score (nSPS) is 18.6. The molecule has 1 atom stereocenters. The number of aromatic nitrogens is 2. The monoisotopic (exact) mass is 558 g/mol. The molecule has 0 bridgehead atoms. The van der Waals surface area contributed by atoms with Crippen LogP contribution in [-0.2, 0) is 6.54 Å². The van der Waals surface area contributed by atoms with Crippen molar-refractivity contribution in [1.82, 2.24) is 19.8 Å². The van der Waals surface area contributed by atoms with Crippen LogP contribution in [0.1, 0.15) is 66.0 Å². The van der Waals surface area contributed by atoms with Gasteiger partial charge in [-0.2, -0.15) is 13.2 Å². The highest BCUT2D eigenvalue weighted by Crippen LogP contribution is 2.58. The van der Waals surface area contributed by atoms with Crippen LogP contribution in [0.15, 0.2) is 35.1 Å². The van der Waals surface area contributed by atoms with Gasteiger partial charge in [-0.05, 0) is 77.6 Å². The van der Waals surface area contributed by atoms with Crippen molar-refractivity contribution in [2.75, 3.05) is 26.7 Å². The molecular weight excluding hydrogens is 521 g/mol. The third kappa shape index (κ3) is 5.13. The summed E-state index contributed by atoms with van der Waals surface area (Å²) < 4.78 is 48.0. The first-order valence-electron chi connectivity index (χ1n) is 13.9. The Bertz CT molecular complexity index is 1460. The number of carbonyl (C=O) groups is 1. The van der Waals surface area contributed by atoms with E-state index in [1.807, 2.05) is 36.1 Å². The van der Waals surface area contributed by atoms with Crippen molar-refractivity contribution in [1.29, 1.82) is 0 Å². The van der Waals surface area contributed by atoms with Crippen LogP contribution in [0.4, 0.5) is 13.2 Å². The molecule has 10 heteroatoms. The van der Waals surface area contributed by atoms with Crippen molar-refractivity contribution in [2.45, 2.75) is 65.2 Å². The van der Waals surface area contributed by atoms with Gasteiger partial charge < -0.3 is 24.5 Å². The molecule has 2 N–H and O–H groups in total. The lowest BCUT2D eigenvalue weighted by Gasteiger charge is -2.38. The second-order valence-electron chi connectivity index (χ2n) is 11.5. The number of hydrogen-bond donors (Lipinski definition) is 2. The molecular formula is C30H37F3N4O3. The maximum absolute atomic E-state index is 13.5. The Morgan fingerprint density at radius 2 is 1.88 bits per heavy atom. The zero-order chi connectivity index (χ0) is 28.8. The number of pyridine rings is 1. The Kier molecular flexibility index (Phi) is 7.50. The number of amides is 1. The maximum atomic E-state index is 13.5. The largest absolute Gasteiger partial charge is 0.496 e. The summed E-state index contributed by atoms with van der Waals surface area (Å²) in [6.07, 6.45) is -2.06. The summed E-state index contributed by atoms with van der Waals surface area (Å²) in [5.74, 6) is 0.417. The summed E-state index contributed by atoms with van der Waals surface area (Å²) in [4.78, 5) is 30.8. The van der Waals surface area contributed by atoms with E-state index in [2.05, 4.69) is 21.8 Å². The van der Waals surface area contributed by atoms with E-state index in [4.69, 9.17) is 4.74 Å². The number of likely N-dealkylation sites (tertiary alicyclic amines) is 1. The van der Waals surface area contributed by atoms with Gasteiger partial charge in [-0.3, -0.25) is 9.59 Å². The number of alkyl halides is 3. The van der Waals surface area contributed by atoms with E-state index in [1.54, 1.807) is 13.0 Å². The van der Waals surface area contributed by atoms with E-state index in [9.17, 15) is 22.8 Å². The SMILES string of the molecule is COc1cc(C)[nH]c(=O)c1CNC(=O)c1c(C)n([C@H](C)C2CCN(CC3(C(F)(F)F)CC3)CC2)c2ccccc12. The van der Waals surface area contributed by atoms with Crippen LogP contribution in [0.25, 0.3) is 10.9 Å². The number of methoxy groups -OCH3 is 1. The van der Waals surface area contributed by atoms with Crippen molar-refractivity contribution in [3.8, 4) is 5.75 Å². The molecule has 40 heavy (non-hydrogen) atoms. The van der Waals surface area contributed by atoms with Gasteiger partial charge in [0, 0.05) is 34.9 Å². The fourth-order valence-electron chi connectivity index (χ4n) is 6.41. The average Bonchev–Trinajstić information content (AvgIpc) is 3.64. The Morgan fingerprint density at radius 1 is 1.20 bits per heavy atom. The zero-order valence-corrected chi connectivity index (χ0v) is 23.5. The Labute approximate surface area is 231 Å². The minimum atomic E-state index is -4.13. The van der Waals surface area contributed by atoms with Gasteiger partial charge in [-0.15, -0.1) is 0 Å². The van der Waals surface area contributed by atoms with Gasteiger partial charge in [-0.1, -0.05) is 18.2 Å². The van der Waals surface area contributed by atoms with Crippen LogP contribution < -0.4 is 15.6 Å². The molecule has 2 aromatic heterocycles. The topological polar surface area (TPSA) is 79.4 Å². The molecule has 216 valence electrons. The number of aromatic amines is 1. The number of benzene rings is 1. The van der Waals surface area contributed by atoms with Crippen LogP contribution in [-0.4, -0.2) is 53.3 Å². The highest BCUT2D eigenvalue weighted by molar-refractivity contribution is 6.08. The number of halogens is 3. The number of H-pyrrole nitrogens is 1. The second kappa shape index (κ2) is 10.6. The van der Waals surface area contributed by atoms with E-state index in [0.29, 0.717) is 35.7 Å². The number of rotatable bonds is 8. The first-order valence-corrected chi connectivity index (χ1v) is 13.9. The van der Waals surface area contributed by atoms with Gasteiger partial charge in [0.2, 0.25) is 0 Å². The molecule has 2 aliphatic rings. The minimum Gasteiger partial charge on any atom is -0.496 e. The molecule has 0 unspecified atom stereocenters. The van der Waals surface area contributed by atoms with Crippen molar-refractivity contribution in [2.24, 2.45) is 11.3 Å². The van der Waals surface area contributed by atoms with Crippen LogP contribution in [0, 0.1) is 25.2 Å². The Morgan fingerprint density at radius 3 is 2.50 bits per heavy atom. The van der Waals surface area contributed by atoms with Crippen molar-refractivity contribution in [3.63, 3.8) is 0 Å². The summed E-state index contributed by atoms with van der Waals surface area (Å²) in [5.41, 5.74) is 1.54. The summed E-state index contributed by atoms with van der Waals surface area (Å²) in [6.45, 7) is 7.24. The molecule has 0 spiro atoms. The quantitative estimate of drug-likeness (QED) is 0.383. The first-order chi connectivity index (χ1) is 19.0. The number of fused-ring (bicyclic) bond motifs is 1. The van der Waals surface area contributed by atoms with E-state index in [0.717, 1.165) is 29.4 Å². The van der Waals surface area contributed by atoms with E-state index in [1.165, 1.54) is 7.11 Å². The summed E-state index contributed by atoms with van der Waals surface area (Å²) in [7, 11) is 1.49. The fraction of sp³-hybridized carbons (Fsp3) is 0.533. The highest BCUT2D eigenvalue weighted by Gasteiger charge is 2.63. The van der Waals surface area contributed by atoms with Gasteiger partial charge in [0.15, 0.2) is 0 Å². The summed E-state index contributed by atoms with van der Waals surface area (Å²) >= 11 is 0. The van der Waals surface area contributed by atoms with Gasteiger partial charge in [0.05, 0.1) is 30.2 Å². The van der Waals surface area contributed by atoms with Gasteiger partial charge in [-0.25, -0.2) is 0 Å². The number of piperidine rings is 1. The average molecular weight is 559 g/mol. The predicted octanol–water partition coefficient (Wildman–Crippen LogP) is 5.50. The van der Waals surface area contributed by atoms with Crippen LogP contribution in [0.5, 0.6) is 5.75 Å². The van der Waals surface area contributed by atoms with E-state index < -0.39 is 11.6 Å². The smallest absolute Gasteiger partial charge is 0.395 e. The van der Waals surface area contributed by atoms with Gasteiger partial charge >= 0.3 is 6.18 Å².